The standard InChI is InChI=1S/C30H23N3O7/c1-16-13-23(34)27(35)28(39-16)26-25(17-7-9-18(38-2)10-8-17)31-29(32-26)21-15-33(22-6-4-3-5-20(21)22)14-19-11-12-24(40-19)30(36)37/h3-13,15,35H,14H2,1-2H3,(H,31,32)(H,36,37). The van der Waals surface area contributed by atoms with Crippen molar-refractivity contribution in [2.75, 3.05) is 7.11 Å². The van der Waals surface area contributed by atoms with E-state index in [2.05, 4.69) is 4.98 Å². The maximum Gasteiger partial charge on any atom is 0.371 e. The number of nitrogens with zero attached hydrogens (tertiary/aromatic N) is 2. The first-order chi connectivity index (χ1) is 19.3. The molecule has 4 aromatic heterocycles. The normalized spacial score (nSPS) is 11.2. The molecule has 0 saturated heterocycles. The topological polar surface area (TPSA) is 144 Å². The van der Waals surface area contributed by atoms with Gasteiger partial charge in [0.25, 0.3) is 0 Å². The van der Waals surface area contributed by atoms with Crippen LogP contribution in [0.3, 0.4) is 0 Å². The lowest BCUT2D eigenvalue weighted by molar-refractivity contribution is 0.0660. The quantitative estimate of drug-likeness (QED) is 0.236. The molecule has 10 heteroatoms. The van der Waals surface area contributed by atoms with Crippen LogP contribution < -0.4 is 10.2 Å². The van der Waals surface area contributed by atoms with Gasteiger partial charge in [0.15, 0.2) is 5.76 Å². The number of fused-ring (bicyclic) bond motifs is 1. The van der Waals surface area contributed by atoms with Crippen molar-refractivity contribution in [2.24, 2.45) is 0 Å². The van der Waals surface area contributed by atoms with Crippen LogP contribution in [0.1, 0.15) is 22.1 Å². The Morgan fingerprint density at radius 3 is 2.58 bits per heavy atom. The summed E-state index contributed by atoms with van der Waals surface area (Å²) in [6.07, 6.45) is 1.89. The molecule has 0 aliphatic heterocycles. The summed E-state index contributed by atoms with van der Waals surface area (Å²) >= 11 is 0. The van der Waals surface area contributed by atoms with E-state index in [0.29, 0.717) is 46.6 Å². The Balaban J connectivity index is 1.53. The van der Waals surface area contributed by atoms with Crippen molar-refractivity contribution in [3.63, 3.8) is 0 Å². The van der Waals surface area contributed by atoms with Gasteiger partial charge in [-0.1, -0.05) is 18.2 Å². The largest absolute Gasteiger partial charge is 0.501 e. The van der Waals surface area contributed by atoms with Gasteiger partial charge in [-0.05, 0) is 49.4 Å². The number of H-pyrrole nitrogens is 1. The monoisotopic (exact) mass is 537 g/mol. The van der Waals surface area contributed by atoms with E-state index in [1.165, 1.54) is 12.1 Å². The molecule has 2 aromatic carbocycles. The number of hydrogen-bond acceptors (Lipinski definition) is 7. The molecule has 0 fully saturated rings. The molecule has 0 amide bonds. The van der Waals surface area contributed by atoms with E-state index in [9.17, 15) is 19.8 Å². The molecule has 200 valence electrons. The number of benzene rings is 2. The van der Waals surface area contributed by atoms with Crippen molar-refractivity contribution >= 4 is 16.9 Å². The Hall–Kier alpha value is -5.51. The summed E-state index contributed by atoms with van der Waals surface area (Å²) in [5.74, 6) is 0.152. The molecule has 0 unspecified atom stereocenters. The minimum Gasteiger partial charge on any atom is -0.501 e. The number of carbonyl (C=O) groups is 1. The minimum atomic E-state index is -1.13. The van der Waals surface area contributed by atoms with E-state index in [4.69, 9.17) is 18.6 Å². The van der Waals surface area contributed by atoms with Gasteiger partial charge in [0.05, 0.1) is 13.7 Å². The third-order valence-corrected chi connectivity index (χ3v) is 6.58. The summed E-state index contributed by atoms with van der Waals surface area (Å²) in [7, 11) is 1.58. The van der Waals surface area contributed by atoms with E-state index in [1.54, 1.807) is 32.2 Å². The van der Waals surface area contributed by atoms with Crippen LogP contribution in [0.2, 0.25) is 0 Å². The Morgan fingerprint density at radius 2 is 1.85 bits per heavy atom. The van der Waals surface area contributed by atoms with Crippen molar-refractivity contribution in [3.8, 4) is 45.6 Å². The van der Waals surface area contributed by atoms with Gasteiger partial charge in [-0.15, -0.1) is 0 Å². The number of hydrogen-bond donors (Lipinski definition) is 3. The molecule has 0 radical (unpaired) electrons. The highest BCUT2D eigenvalue weighted by atomic mass is 16.5. The number of para-hydroxylation sites is 1. The Morgan fingerprint density at radius 1 is 1.07 bits per heavy atom. The summed E-state index contributed by atoms with van der Waals surface area (Å²) in [5.41, 5.74) is 2.58. The molecule has 6 rings (SSSR count). The van der Waals surface area contributed by atoms with Gasteiger partial charge in [-0.2, -0.15) is 0 Å². The van der Waals surface area contributed by atoms with Gasteiger partial charge in [-0.3, -0.25) is 4.79 Å². The molecule has 3 N–H and O–H groups in total. The van der Waals surface area contributed by atoms with Crippen LogP contribution in [0.4, 0.5) is 0 Å². The zero-order chi connectivity index (χ0) is 28.0. The number of aryl methyl sites for hydroxylation is 1. The van der Waals surface area contributed by atoms with Crippen LogP contribution in [0.15, 0.2) is 86.6 Å². The lowest BCUT2D eigenvalue weighted by Crippen LogP contribution is -2.01. The lowest BCUT2D eigenvalue weighted by Gasteiger charge is -2.06. The third kappa shape index (κ3) is 4.31. The molecule has 40 heavy (non-hydrogen) atoms. The van der Waals surface area contributed by atoms with Crippen LogP contribution in [-0.4, -0.2) is 37.8 Å². The van der Waals surface area contributed by atoms with Crippen LogP contribution in [0.25, 0.3) is 45.0 Å². The third-order valence-electron chi connectivity index (χ3n) is 6.58. The average molecular weight is 538 g/mol. The lowest BCUT2D eigenvalue weighted by atomic mass is 10.1. The molecule has 0 bridgehead atoms. The summed E-state index contributed by atoms with van der Waals surface area (Å²) < 4.78 is 18.5. The molecule has 0 atom stereocenters. The number of furan rings is 1. The number of aromatic amines is 1. The van der Waals surface area contributed by atoms with Crippen molar-refractivity contribution in [2.45, 2.75) is 13.5 Å². The molecular weight excluding hydrogens is 514 g/mol. The molecular formula is C30H23N3O7. The predicted molar refractivity (Wildman–Crippen MR) is 147 cm³/mol. The molecule has 6 aromatic rings. The first-order valence-corrected chi connectivity index (χ1v) is 12.3. The van der Waals surface area contributed by atoms with Crippen molar-refractivity contribution in [1.29, 1.82) is 0 Å². The number of carboxylic acid groups (broad SMARTS) is 1. The second-order valence-electron chi connectivity index (χ2n) is 9.20. The van der Waals surface area contributed by atoms with Gasteiger partial charge in [-0.25, -0.2) is 9.78 Å². The second kappa shape index (κ2) is 9.66. The fraction of sp³-hybridized carbons (Fsp3) is 0.100. The molecule has 0 aliphatic rings. The molecule has 0 spiro atoms. The van der Waals surface area contributed by atoms with Crippen molar-refractivity contribution in [3.05, 3.63) is 100 Å². The van der Waals surface area contributed by atoms with Gasteiger partial charge in [0.2, 0.25) is 16.9 Å². The number of imidazole rings is 1. The molecule has 0 saturated carbocycles. The maximum absolute atomic E-state index is 12.4. The average Bonchev–Trinajstić information content (AvgIpc) is 3.69. The highest BCUT2D eigenvalue weighted by Crippen LogP contribution is 2.39. The zero-order valence-electron chi connectivity index (χ0n) is 21.5. The summed E-state index contributed by atoms with van der Waals surface area (Å²) in [5, 5.41) is 20.8. The summed E-state index contributed by atoms with van der Waals surface area (Å²) in [6, 6.07) is 19.2. The van der Waals surface area contributed by atoms with Gasteiger partial charge < -0.3 is 33.3 Å². The fourth-order valence-electron chi connectivity index (χ4n) is 4.71. The van der Waals surface area contributed by atoms with Crippen LogP contribution in [0.5, 0.6) is 11.5 Å². The van der Waals surface area contributed by atoms with E-state index in [-0.39, 0.29) is 11.5 Å². The Kier molecular flexibility index (Phi) is 5.99. The highest BCUT2D eigenvalue weighted by Gasteiger charge is 2.24. The number of aromatic nitrogens is 3. The first kappa shape index (κ1) is 24.8. The highest BCUT2D eigenvalue weighted by molar-refractivity contribution is 5.96. The van der Waals surface area contributed by atoms with Gasteiger partial charge >= 0.3 is 5.97 Å². The first-order valence-electron chi connectivity index (χ1n) is 12.3. The molecule has 10 nitrogen and oxygen atoms in total. The summed E-state index contributed by atoms with van der Waals surface area (Å²) in [6.45, 7) is 1.92. The number of ether oxygens (including phenoxy) is 1. The fourth-order valence-corrected chi connectivity index (χ4v) is 4.71. The molecule has 4 heterocycles. The van der Waals surface area contributed by atoms with E-state index in [1.807, 2.05) is 47.2 Å². The predicted octanol–water partition coefficient (Wildman–Crippen LogP) is 5.68. The number of carboxylic acids is 1. The second-order valence-corrected chi connectivity index (χ2v) is 9.20. The minimum absolute atomic E-state index is 0.0184. The van der Waals surface area contributed by atoms with Crippen LogP contribution in [0, 0.1) is 6.92 Å². The van der Waals surface area contributed by atoms with Crippen LogP contribution >= 0.6 is 0 Å². The van der Waals surface area contributed by atoms with Gasteiger partial charge in [0, 0.05) is 34.3 Å². The summed E-state index contributed by atoms with van der Waals surface area (Å²) in [4.78, 5) is 31.9. The SMILES string of the molecule is COc1ccc(-c2nc(-c3cn(Cc4ccc(C(=O)O)o4)c4ccccc34)[nH]c2-c2oc(C)cc(=O)c2O)cc1. The number of methoxy groups -OCH3 is 1. The van der Waals surface area contributed by atoms with Crippen molar-refractivity contribution in [1.82, 2.24) is 14.5 Å². The number of aromatic carboxylic acids is 1. The van der Waals surface area contributed by atoms with Crippen LogP contribution in [-0.2, 0) is 6.54 Å². The zero-order valence-corrected chi connectivity index (χ0v) is 21.5. The smallest absolute Gasteiger partial charge is 0.371 e. The van der Waals surface area contributed by atoms with Gasteiger partial charge in [0.1, 0.15) is 34.5 Å². The Bertz CT molecular complexity index is 1940. The number of aromatic hydroxyl groups is 1. The van der Waals surface area contributed by atoms with E-state index in [0.717, 1.165) is 16.5 Å². The van der Waals surface area contributed by atoms with E-state index < -0.39 is 17.1 Å². The number of rotatable bonds is 7. The molecule has 0 aliphatic carbocycles. The maximum atomic E-state index is 12.4. The van der Waals surface area contributed by atoms with Crippen molar-refractivity contribution < 1.29 is 28.6 Å². The number of nitrogens with one attached hydrogen (secondary N) is 1. The van der Waals surface area contributed by atoms with E-state index >= 15 is 0 Å². The Labute approximate surface area is 226 Å².